The minimum Gasteiger partial charge on any atom is -0.486 e. The zero-order chi connectivity index (χ0) is 19.2. The van der Waals surface area contributed by atoms with Gasteiger partial charge < -0.3 is 14.1 Å². The number of nitrogens with zero attached hydrogens (tertiary/aromatic N) is 2. The van der Waals surface area contributed by atoms with E-state index in [0.717, 1.165) is 43.9 Å². The van der Waals surface area contributed by atoms with Crippen molar-refractivity contribution in [2.45, 2.75) is 20.0 Å². The SMILES string of the molecule is C=CCN1CCCN(C(=O)c2ccc(COc3ccc(Cl)c(C)c3)o2)CC1. The highest BCUT2D eigenvalue weighted by molar-refractivity contribution is 6.31. The highest BCUT2D eigenvalue weighted by Crippen LogP contribution is 2.22. The molecule has 6 heteroatoms. The monoisotopic (exact) mass is 388 g/mol. The van der Waals surface area contributed by atoms with Crippen LogP contribution in [0, 0.1) is 6.92 Å². The van der Waals surface area contributed by atoms with E-state index >= 15 is 0 Å². The lowest BCUT2D eigenvalue weighted by Gasteiger charge is -2.20. The Morgan fingerprint density at radius 1 is 1.26 bits per heavy atom. The molecule has 0 bridgehead atoms. The molecule has 5 nitrogen and oxygen atoms in total. The predicted octanol–water partition coefficient (Wildman–Crippen LogP) is 4.15. The molecule has 0 spiro atoms. The average Bonchev–Trinajstić information content (AvgIpc) is 3.01. The van der Waals surface area contributed by atoms with E-state index in [-0.39, 0.29) is 12.5 Å². The molecule has 0 aliphatic carbocycles. The smallest absolute Gasteiger partial charge is 0.289 e. The summed E-state index contributed by atoms with van der Waals surface area (Å²) < 4.78 is 11.5. The summed E-state index contributed by atoms with van der Waals surface area (Å²) in [5.41, 5.74) is 0.955. The van der Waals surface area contributed by atoms with Gasteiger partial charge in [-0.1, -0.05) is 17.7 Å². The number of carbonyl (C=O) groups is 1. The van der Waals surface area contributed by atoms with Crippen molar-refractivity contribution >= 4 is 17.5 Å². The van der Waals surface area contributed by atoms with Gasteiger partial charge in [-0.2, -0.15) is 0 Å². The third-order valence-corrected chi connectivity index (χ3v) is 5.07. The molecule has 1 saturated heterocycles. The fourth-order valence-electron chi connectivity index (χ4n) is 3.13. The first-order chi connectivity index (χ1) is 13.1. The van der Waals surface area contributed by atoms with Crippen LogP contribution in [-0.2, 0) is 6.61 Å². The first-order valence-electron chi connectivity index (χ1n) is 9.17. The van der Waals surface area contributed by atoms with E-state index in [9.17, 15) is 4.79 Å². The van der Waals surface area contributed by atoms with E-state index in [1.807, 2.05) is 30.0 Å². The molecule has 1 aliphatic heterocycles. The second kappa shape index (κ2) is 9.11. The summed E-state index contributed by atoms with van der Waals surface area (Å²) in [6, 6.07) is 9.01. The number of hydrogen-bond acceptors (Lipinski definition) is 4. The van der Waals surface area contributed by atoms with Crippen molar-refractivity contribution in [3.63, 3.8) is 0 Å². The van der Waals surface area contributed by atoms with Crippen LogP contribution in [0.5, 0.6) is 5.75 Å². The number of amides is 1. The molecule has 27 heavy (non-hydrogen) atoms. The lowest BCUT2D eigenvalue weighted by Crippen LogP contribution is -2.35. The third kappa shape index (κ3) is 5.15. The molecule has 1 amide bonds. The van der Waals surface area contributed by atoms with Gasteiger partial charge in [0, 0.05) is 37.7 Å². The van der Waals surface area contributed by atoms with Crippen molar-refractivity contribution in [3.05, 3.63) is 65.1 Å². The molecule has 0 unspecified atom stereocenters. The Hall–Kier alpha value is -2.24. The Morgan fingerprint density at radius 3 is 2.89 bits per heavy atom. The summed E-state index contributed by atoms with van der Waals surface area (Å²) in [5.74, 6) is 1.63. The van der Waals surface area contributed by atoms with Crippen molar-refractivity contribution < 1.29 is 13.9 Å². The van der Waals surface area contributed by atoms with Gasteiger partial charge in [-0.25, -0.2) is 0 Å². The van der Waals surface area contributed by atoms with Crippen molar-refractivity contribution in [1.82, 2.24) is 9.80 Å². The van der Waals surface area contributed by atoms with Crippen LogP contribution in [0.1, 0.15) is 28.3 Å². The van der Waals surface area contributed by atoms with Gasteiger partial charge in [0.05, 0.1) is 0 Å². The second-order valence-corrected chi connectivity index (χ2v) is 7.11. The molecule has 0 saturated carbocycles. The number of benzene rings is 1. The maximum Gasteiger partial charge on any atom is 0.289 e. The Labute approximate surface area is 165 Å². The van der Waals surface area contributed by atoms with E-state index in [0.29, 0.717) is 23.1 Å². The van der Waals surface area contributed by atoms with Crippen LogP contribution in [0.15, 0.2) is 47.4 Å². The lowest BCUT2D eigenvalue weighted by molar-refractivity contribution is 0.0726. The maximum atomic E-state index is 12.7. The molecule has 0 radical (unpaired) electrons. The molecular formula is C21H25ClN2O3. The van der Waals surface area contributed by atoms with E-state index < -0.39 is 0 Å². The molecule has 144 valence electrons. The van der Waals surface area contributed by atoms with Crippen LogP contribution in [0.4, 0.5) is 0 Å². The Morgan fingerprint density at radius 2 is 2.11 bits per heavy atom. The minimum absolute atomic E-state index is 0.0657. The van der Waals surface area contributed by atoms with Crippen molar-refractivity contribution in [2.24, 2.45) is 0 Å². The van der Waals surface area contributed by atoms with Crippen LogP contribution in [0.3, 0.4) is 0 Å². The Bertz CT molecular complexity index is 802. The Balaban J connectivity index is 1.57. The van der Waals surface area contributed by atoms with E-state index in [1.54, 1.807) is 18.2 Å². The topological polar surface area (TPSA) is 45.9 Å². The van der Waals surface area contributed by atoms with Gasteiger partial charge >= 0.3 is 0 Å². The lowest BCUT2D eigenvalue weighted by atomic mass is 10.2. The Kier molecular flexibility index (Phi) is 6.58. The molecule has 0 atom stereocenters. The van der Waals surface area contributed by atoms with Crippen LogP contribution in [0.25, 0.3) is 0 Å². The summed E-state index contributed by atoms with van der Waals surface area (Å²) in [5, 5.41) is 0.706. The molecule has 1 aromatic carbocycles. The van der Waals surface area contributed by atoms with Gasteiger partial charge in [0.1, 0.15) is 18.1 Å². The normalized spacial score (nSPS) is 15.4. The molecule has 2 aromatic rings. The quantitative estimate of drug-likeness (QED) is 0.697. The molecule has 1 aromatic heterocycles. The standard InChI is InChI=1S/C21H25ClN2O3/c1-3-9-23-10-4-11-24(13-12-23)21(25)20-8-6-18(27-20)15-26-17-5-7-19(22)16(2)14-17/h3,5-8,14H,1,4,9-13,15H2,2H3. The summed E-state index contributed by atoms with van der Waals surface area (Å²) in [4.78, 5) is 16.9. The van der Waals surface area contributed by atoms with Crippen molar-refractivity contribution in [3.8, 4) is 5.75 Å². The average molecular weight is 389 g/mol. The van der Waals surface area contributed by atoms with E-state index in [1.165, 1.54) is 0 Å². The molecule has 2 heterocycles. The third-order valence-electron chi connectivity index (χ3n) is 4.65. The maximum absolute atomic E-state index is 12.7. The van der Waals surface area contributed by atoms with Crippen LogP contribution >= 0.6 is 11.6 Å². The van der Waals surface area contributed by atoms with Crippen molar-refractivity contribution in [1.29, 1.82) is 0 Å². The number of rotatable bonds is 6. The molecule has 3 rings (SSSR count). The highest BCUT2D eigenvalue weighted by atomic mass is 35.5. The molecule has 1 fully saturated rings. The fourth-order valence-corrected chi connectivity index (χ4v) is 3.24. The molecule has 0 N–H and O–H groups in total. The van der Waals surface area contributed by atoms with Gasteiger partial charge in [-0.3, -0.25) is 9.69 Å². The number of carbonyl (C=O) groups excluding carboxylic acids is 1. The molecular weight excluding hydrogens is 364 g/mol. The number of halogens is 1. The zero-order valence-electron chi connectivity index (χ0n) is 15.6. The number of furan rings is 1. The van der Waals surface area contributed by atoms with E-state index in [2.05, 4.69) is 11.5 Å². The first-order valence-corrected chi connectivity index (χ1v) is 9.55. The van der Waals surface area contributed by atoms with Gasteiger partial charge in [0.25, 0.3) is 5.91 Å². The number of aryl methyl sites for hydroxylation is 1. The zero-order valence-corrected chi connectivity index (χ0v) is 16.4. The summed E-state index contributed by atoms with van der Waals surface area (Å²) in [6.45, 7) is 10.1. The van der Waals surface area contributed by atoms with Gasteiger partial charge in [0.2, 0.25) is 0 Å². The van der Waals surface area contributed by atoms with Gasteiger partial charge in [-0.05, 0) is 49.2 Å². The van der Waals surface area contributed by atoms with Gasteiger partial charge in [0.15, 0.2) is 5.76 Å². The van der Waals surface area contributed by atoms with E-state index in [4.69, 9.17) is 20.8 Å². The summed E-state index contributed by atoms with van der Waals surface area (Å²) >= 11 is 6.02. The first kappa shape index (κ1) is 19.5. The van der Waals surface area contributed by atoms with Crippen LogP contribution in [0.2, 0.25) is 5.02 Å². The predicted molar refractivity (Wildman–Crippen MR) is 106 cm³/mol. The summed E-state index contributed by atoms with van der Waals surface area (Å²) in [6.07, 6.45) is 2.85. The molecule has 1 aliphatic rings. The number of hydrogen-bond donors (Lipinski definition) is 0. The minimum atomic E-state index is -0.0657. The number of ether oxygens (including phenoxy) is 1. The summed E-state index contributed by atoms with van der Waals surface area (Å²) in [7, 11) is 0. The largest absolute Gasteiger partial charge is 0.486 e. The van der Waals surface area contributed by atoms with Crippen molar-refractivity contribution in [2.75, 3.05) is 32.7 Å². The van der Waals surface area contributed by atoms with Crippen LogP contribution < -0.4 is 4.74 Å². The van der Waals surface area contributed by atoms with Gasteiger partial charge in [-0.15, -0.1) is 6.58 Å². The van der Waals surface area contributed by atoms with Crippen LogP contribution in [-0.4, -0.2) is 48.4 Å². The second-order valence-electron chi connectivity index (χ2n) is 6.70. The fraction of sp³-hybridized carbons (Fsp3) is 0.381. The highest BCUT2D eigenvalue weighted by Gasteiger charge is 2.22.